The number of ether oxygens (including phenoxy) is 1. The van der Waals surface area contributed by atoms with E-state index < -0.39 is 5.97 Å². The van der Waals surface area contributed by atoms with Crippen LogP contribution in [-0.4, -0.2) is 37.5 Å². The highest BCUT2D eigenvalue weighted by Gasteiger charge is 2.19. The van der Waals surface area contributed by atoms with Gasteiger partial charge in [-0.05, 0) is 20.8 Å². The Morgan fingerprint density at radius 1 is 1.47 bits per heavy atom. The van der Waals surface area contributed by atoms with E-state index in [-0.39, 0.29) is 11.7 Å². The SMILES string of the molecule is CCOC(=O)c1ncnc2c1nnn2C(C)C. The van der Waals surface area contributed by atoms with Crippen molar-refractivity contribution in [1.82, 2.24) is 25.0 Å². The van der Waals surface area contributed by atoms with Gasteiger partial charge in [-0.1, -0.05) is 5.21 Å². The summed E-state index contributed by atoms with van der Waals surface area (Å²) in [7, 11) is 0. The maximum Gasteiger partial charge on any atom is 0.359 e. The molecule has 0 radical (unpaired) electrons. The molecule has 0 unspecified atom stereocenters. The van der Waals surface area contributed by atoms with Crippen LogP contribution in [-0.2, 0) is 4.74 Å². The second kappa shape index (κ2) is 4.44. The van der Waals surface area contributed by atoms with Crippen LogP contribution in [0, 0.1) is 0 Å². The monoisotopic (exact) mass is 235 g/mol. The Hall–Kier alpha value is -2.05. The van der Waals surface area contributed by atoms with E-state index in [2.05, 4.69) is 20.3 Å². The molecule has 0 amide bonds. The fraction of sp³-hybridized carbons (Fsp3) is 0.500. The van der Waals surface area contributed by atoms with Gasteiger partial charge in [-0.25, -0.2) is 19.4 Å². The van der Waals surface area contributed by atoms with Gasteiger partial charge < -0.3 is 4.74 Å². The average molecular weight is 235 g/mol. The fourth-order valence-electron chi connectivity index (χ4n) is 1.46. The van der Waals surface area contributed by atoms with Crippen LogP contribution < -0.4 is 0 Å². The molecule has 0 spiro atoms. The predicted molar refractivity (Wildman–Crippen MR) is 59.5 cm³/mol. The minimum absolute atomic E-state index is 0.116. The quantitative estimate of drug-likeness (QED) is 0.737. The molecular weight excluding hydrogens is 222 g/mol. The van der Waals surface area contributed by atoms with Crippen molar-refractivity contribution >= 4 is 17.1 Å². The second-order valence-electron chi connectivity index (χ2n) is 3.74. The van der Waals surface area contributed by atoms with Gasteiger partial charge >= 0.3 is 5.97 Å². The molecule has 0 aromatic carbocycles. The molecule has 0 bridgehead atoms. The van der Waals surface area contributed by atoms with E-state index in [0.29, 0.717) is 17.8 Å². The van der Waals surface area contributed by atoms with Crippen molar-refractivity contribution in [2.45, 2.75) is 26.8 Å². The van der Waals surface area contributed by atoms with Crippen LogP contribution in [0.25, 0.3) is 11.2 Å². The van der Waals surface area contributed by atoms with Crippen LogP contribution in [0.1, 0.15) is 37.3 Å². The second-order valence-corrected chi connectivity index (χ2v) is 3.74. The van der Waals surface area contributed by atoms with Crippen molar-refractivity contribution in [3.05, 3.63) is 12.0 Å². The first kappa shape index (κ1) is 11.4. The molecule has 2 rings (SSSR count). The van der Waals surface area contributed by atoms with E-state index in [9.17, 15) is 4.79 Å². The molecule has 0 N–H and O–H groups in total. The molecule has 90 valence electrons. The zero-order valence-corrected chi connectivity index (χ0v) is 9.91. The maximum atomic E-state index is 11.6. The Morgan fingerprint density at radius 2 is 2.24 bits per heavy atom. The maximum absolute atomic E-state index is 11.6. The highest BCUT2D eigenvalue weighted by molar-refractivity contribution is 5.98. The van der Waals surface area contributed by atoms with Crippen LogP contribution in [0.3, 0.4) is 0 Å². The Bertz CT molecular complexity index is 549. The molecule has 2 heterocycles. The molecule has 7 nitrogen and oxygen atoms in total. The summed E-state index contributed by atoms with van der Waals surface area (Å²) in [5.41, 5.74) is 1.07. The van der Waals surface area contributed by atoms with Crippen molar-refractivity contribution in [2.75, 3.05) is 6.61 Å². The lowest BCUT2D eigenvalue weighted by atomic mass is 10.3. The Kier molecular flexibility index (Phi) is 2.99. The minimum atomic E-state index is -0.504. The Balaban J connectivity index is 2.55. The molecule has 0 aliphatic heterocycles. The lowest BCUT2D eigenvalue weighted by Crippen LogP contribution is -2.09. The number of esters is 1. The van der Waals surface area contributed by atoms with Gasteiger partial charge in [0.25, 0.3) is 0 Å². The smallest absolute Gasteiger partial charge is 0.359 e. The highest BCUT2D eigenvalue weighted by atomic mass is 16.5. The standard InChI is InChI=1S/C10H13N5O2/c1-4-17-10(16)8-7-9(12-5-11-8)15(6(2)3)14-13-7/h5-6H,4H2,1-3H3. The summed E-state index contributed by atoms with van der Waals surface area (Å²) in [6.45, 7) is 5.95. The summed E-state index contributed by atoms with van der Waals surface area (Å²) in [5, 5.41) is 7.88. The largest absolute Gasteiger partial charge is 0.461 e. The molecule has 2 aromatic heterocycles. The summed E-state index contributed by atoms with van der Waals surface area (Å²) in [6, 6.07) is 0.116. The summed E-state index contributed by atoms with van der Waals surface area (Å²) in [5.74, 6) is -0.504. The van der Waals surface area contributed by atoms with Crippen molar-refractivity contribution in [3.63, 3.8) is 0 Å². The van der Waals surface area contributed by atoms with Gasteiger partial charge in [0.15, 0.2) is 16.9 Å². The summed E-state index contributed by atoms with van der Waals surface area (Å²) < 4.78 is 6.54. The van der Waals surface area contributed by atoms with Gasteiger partial charge in [0, 0.05) is 0 Å². The first-order valence-corrected chi connectivity index (χ1v) is 5.38. The number of hydrogen-bond acceptors (Lipinski definition) is 6. The van der Waals surface area contributed by atoms with Crippen molar-refractivity contribution < 1.29 is 9.53 Å². The van der Waals surface area contributed by atoms with Crippen LogP contribution in [0.2, 0.25) is 0 Å². The van der Waals surface area contributed by atoms with Crippen LogP contribution in [0.4, 0.5) is 0 Å². The molecule has 17 heavy (non-hydrogen) atoms. The van der Waals surface area contributed by atoms with E-state index in [1.165, 1.54) is 6.33 Å². The van der Waals surface area contributed by atoms with E-state index >= 15 is 0 Å². The molecular formula is C10H13N5O2. The fourth-order valence-corrected chi connectivity index (χ4v) is 1.46. The van der Waals surface area contributed by atoms with Crippen LogP contribution >= 0.6 is 0 Å². The van der Waals surface area contributed by atoms with E-state index in [1.807, 2.05) is 13.8 Å². The van der Waals surface area contributed by atoms with Gasteiger partial charge in [-0.3, -0.25) is 0 Å². The van der Waals surface area contributed by atoms with Gasteiger partial charge in [-0.2, -0.15) is 0 Å². The van der Waals surface area contributed by atoms with Crippen molar-refractivity contribution in [1.29, 1.82) is 0 Å². The zero-order chi connectivity index (χ0) is 12.4. The summed E-state index contributed by atoms with van der Waals surface area (Å²) in [6.07, 6.45) is 1.32. The molecule has 0 atom stereocenters. The van der Waals surface area contributed by atoms with E-state index in [0.717, 1.165) is 0 Å². The zero-order valence-electron chi connectivity index (χ0n) is 9.91. The molecule has 0 saturated heterocycles. The number of nitrogens with zero attached hydrogens (tertiary/aromatic N) is 5. The third kappa shape index (κ3) is 1.95. The van der Waals surface area contributed by atoms with Crippen molar-refractivity contribution in [3.8, 4) is 0 Å². The Morgan fingerprint density at radius 3 is 2.88 bits per heavy atom. The van der Waals surface area contributed by atoms with Gasteiger partial charge in [0.05, 0.1) is 12.6 Å². The highest BCUT2D eigenvalue weighted by Crippen LogP contribution is 2.15. The molecule has 2 aromatic rings. The lowest BCUT2D eigenvalue weighted by molar-refractivity contribution is 0.0521. The average Bonchev–Trinajstić information content (AvgIpc) is 2.72. The summed E-state index contributed by atoms with van der Waals surface area (Å²) >= 11 is 0. The number of carbonyl (C=O) groups is 1. The van der Waals surface area contributed by atoms with Crippen molar-refractivity contribution in [2.24, 2.45) is 0 Å². The molecule has 0 saturated carbocycles. The van der Waals surface area contributed by atoms with Gasteiger partial charge in [-0.15, -0.1) is 5.10 Å². The van der Waals surface area contributed by atoms with E-state index in [4.69, 9.17) is 4.74 Å². The first-order chi connectivity index (χ1) is 8.15. The Labute approximate surface area is 97.8 Å². The topological polar surface area (TPSA) is 82.8 Å². The van der Waals surface area contributed by atoms with Crippen LogP contribution in [0.5, 0.6) is 0 Å². The first-order valence-electron chi connectivity index (χ1n) is 5.38. The molecule has 0 fully saturated rings. The number of hydrogen-bond donors (Lipinski definition) is 0. The number of carbonyl (C=O) groups excluding carboxylic acids is 1. The number of aromatic nitrogens is 5. The lowest BCUT2D eigenvalue weighted by Gasteiger charge is -2.04. The predicted octanol–water partition coefficient (Wildman–Crippen LogP) is 0.979. The minimum Gasteiger partial charge on any atom is -0.461 e. The molecule has 0 aliphatic carbocycles. The molecule has 0 aliphatic rings. The number of fused-ring (bicyclic) bond motifs is 1. The number of rotatable bonds is 3. The third-order valence-electron chi connectivity index (χ3n) is 2.22. The normalized spacial score (nSPS) is 11.1. The molecule has 7 heteroatoms. The van der Waals surface area contributed by atoms with E-state index in [1.54, 1.807) is 11.6 Å². The van der Waals surface area contributed by atoms with Crippen LogP contribution in [0.15, 0.2) is 6.33 Å². The summed E-state index contributed by atoms with van der Waals surface area (Å²) in [4.78, 5) is 19.6. The van der Waals surface area contributed by atoms with Gasteiger partial charge in [0.2, 0.25) is 0 Å². The third-order valence-corrected chi connectivity index (χ3v) is 2.22. The van der Waals surface area contributed by atoms with Gasteiger partial charge in [0.1, 0.15) is 6.33 Å².